The van der Waals surface area contributed by atoms with Crippen molar-refractivity contribution in [1.29, 1.82) is 0 Å². The molecular weight excluding hydrogens is 282 g/mol. The van der Waals surface area contributed by atoms with Crippen LogP contribution >= 0.6 is 11.6 Å². The molecule has 112 valence electrons. The Kier molecular flexibility index (Phi) is 4.32. The van der Waals surface area contributed by atoms with Crippen LogP contribution in [0.5, 0.6) is 0 Å². The molecule has 1 aliphatic heterocycles. The minimum atomic E-state index is 0.461. The highest BCUT2D eigenvalue weighted by Crippen LogP contribution is 2.29. The zero-order valence-corrected chi connectivity index (χ0v) is 13.5. The number of likely N-dealkylation sites (N-methyl/N-ethyl adjacent to an activating group) is 1. The second-order valence-electron chi connectivity index (χ2n) is 6.00. The van der Waals surface area contributed by atoms with E-state index in [0.29, 0.717) is 11.9 Å². The van der Waals surface area contributed by atoms with Crippen molar-refractivity contribution in [3.63, 3.8) is 0 Å². The van der Waals surface area contributed by atoms with E-state index in [4.69, 9.17) is 16.6 Å². The molecule has 2 heterocycles. The van der Waals surface area contributed by atoms with Gasteiger partial charge in [0.15, 0.2) is 0 Å². The highest BCUT2D eigenvalue weighted by atomic mass is 35.5. The van der Waals surface area contributed by atoms with Gasteiger partial charge in [0.05, 0.1) is 11.6 Å². The lowest BCUT2D eigenvalue weighted by atomic mass is 10.0. The maximum atomic E-state index is 6.03. The Morgan fingerprint density at radius 3 is 2.90 bits per heavy atom. The van der Waals surface area contributed by atoms with E-state index in [1.54, 1.807) is 0 Å². The number of fused-ring (bicyclic) bond motifs is 1. The first kappa shape index (κ1) is 14.6. The minimum absolute atomic E-state index is 0.461. The monoisotopic (exact) mass is 303 g/mol. The zero-order chi connectivity index (χ0) is 14.8. The number of piperidine rings is 1. The summed E-state index contributed by atoms with van der Waals surface area (Å²) in [5, 5.41) is 2.45. The molecule has 0 amide bonds. The van der Waals surface area contributed by atoms with Crippen LogP contribution in [0.15, 0.2) is 30.3 Å². The van der Waals surface area contributed by atoms with Crippen molar-refractivity contribution >= 4 is 28.2 Å². The number of pyridine rings is 1. The van der Waals surface area contributed by atoms with Gasteiger partial charge >= 0.3 is 0 Å². The van der Waals surface area contributed by atoms with E-state index in [9.17, 15) is 0 Å². The maximum Gasteiger partial charge on any atom is 0.136 e. The molecule has 0 spiro atoms. The van der Waals surface area contributed by atoms with Crippen molar-refractivity contribution in [2.45, 2.75) is 24.8 Å². The van der Waals surface area contributed by atoms with Gasteiger partial charge < -0.3 is 9.80 Å². The number of alkyl halides is 1. The first-order chi connectivity index (χ1) is 10.2. The third kappa shape index (κ3) is 2.99. The average Bonchev–Trinajstić information content (AvgIpc) is 2.53. The molecule has 0 radical (unpaired) electrons. The van der Waals surface area contributed by atoms with E-state index in [2.05, 4.69) is 54.2 Å². The van der Waals surface area contributed by atoms with E-state index >= 15 is 0 Å². The average molecular weight is 304 g/mol. The van der Waals surface area contributed by atoms with Crippen LogP contribution in [0.25, 0.3) is 10.8 Å². The Hall–Kier alpha value is -1.32. The molecule has 1 fully saturated rings. The first-order valence-electron chi connectivity index (χ1n) is 7.55. The Bertz CT molecular complexity index is 626. The van der Waals surface area contributed by atoms with Crippen molar-refractivity contribution in [2.75, 3.05) is 32.1 Å². The lowest BCUT2D eigenvalue weighted by Gasteiger charge is -2.37. The Morgan fingerprint density at radius 2 is 2.14 bits per heavy atom. The largest absolute Gasteiger partial charge is 0.355 e. The van der Waals surface area contributed by atoms with Gasteiger partial charge in [-0.1, -0.05) is 24.3 Å². The van der Waals surface area contributed by atoms with Gasteiger partial charge in [0.1, 0.15) is 5.82 Å². The molecule has 1 atom stereocenters. The summed E-state index contributed by atoms with van der Waals surface area (Å²) in [7, 11) is 4.32. The van der Waals surface area contributed by atoms with E-state index in [1.165, 1.54) is 23.6 Å². The van der Waals surface area contributed by atoms with E-state index in [1.807, 2.05) is 0 Å². The topological polar surface area (TPSA) is 19.4 Å². The number of aromatic nitrogens is 1. The summed E-state index contributed by atoms with van der Waals surface area (Å²) in [6.45, 7) is 2.11. The SMILES string of the molecule is CN(C)C1CCCN(c2nc(CCl)cc3ccccc23)C1. The number of halogens is 1. The van der Waals surface area contributed by atoms with Crippen LogP contribution in [0.1, 0.15) is 18.5 Å². The second-order valence-corrected chi connectivity index (χ2v) is 6.26. The number of anilines is 1. The van der Waals surface area contributed by atoms with Crippen molar-refractivity contribution in [3.05, 3.63) is 36.0 Å². The molecule has 1 aromatic carbocycles. The van der Waals surface area contributed by atoms with Crippen LogP contribution in [0.2, 0.25) is 0 Å². The van der Waals surface area contributed by atoms with Crippen molar-refractivity contribution < 1.29 is 0 Å². The molecule has 1 unspecified atom stereocenters. The number of nitrogens with zero attached hydrogens (tertiary/aromatic N) is 3. The molecule has 1 aliphatic rings. The number of rotatable bonds is 3. The molecule has 21 heavy (non-hydrogen) atoms. The summed E-state index contributed by atoms with van der Waals surface area (Å²) in [5.74, 6) is 1.55. The summed E-state index contributed by atoms with van der Waals surface area (Å²) >= 11 is 6.03. The van der Waals surface area contributed by atoms with Crippen LogP contribution in [0, 0.1) is 0 Å². The number of benzene rings is 1. The Labute approximate surface area is 131 Å². The number of hydrogen-bond donors (Lipinski definition) is 0. The lowest BCUT2D eigenvalue weighted by Crippen LogP contribution is -2.45. The molecule has 3 nitrogen and oxygen atoms in total. The quantitative estimate of drug-likeness (QED) is 0.809. The zero-order valence-electron chi connectivity index (χ0n) is 12.7. The Morgan fingerprint density at radius 1 is 1.33 bits per heavy atom. The first-order valence-corrected chi connectivity index (χ1v) is 8.08. The van der Waals surface area contributed by atoms with Gasteiger partial charge in [-0.2, -0.15) is 0 Å². The standard InChI is InChI=1S/C17H22ClN3/c1-20(2)15-7-5-9-21(12-15)17-16-8-4-3-6-13(16)10-14(11-18)19-17/h3-4,6,8,10,15H,5,7,9,11-12H2,1-2H3. The molecule has 2 aromatic rings. The van der Waals surface area contributed by atoms with Crippen molar-refractivity contribution in [2.24, 2.45) is 0 Å². The van der Waals surface area contributed by atoms with E-state index < -0.39 is 0 Å². The normalized spacial score (nSPS) is 19.4. The van der Waals surface area contributed by atoms with Crippen molar-refractivity contribution in [3.8, 4) is 0 Å². The molecule has 4 heteroatoms. The van der Waals surface area contributed by atoms with E-state index in [0.717, 1.165) is 24.6 Å². The molecule has 3 rings (SSSR count). The summed E-state index contributed by atoms with van der Waals surface area (Å²) in [5.41, 5.74) is 0.956. The van der Waals surface area contributed by atoms with Gasteiger partial charge in [-0.25, -0.2) is 4.98 Å². The third-order valence-corrected chi connectivity index (χ3v) is 4.61. The van der Waals surface area contributed by atoms with E-state index in [-0.39, 0.29) is 0 Å². The summed E-state index contributed by atoms with van der Waals surface area (Å²) in [4.78, 5) is 9.55. The predicted molar refractivity (Wildman–Crippen MR) is 90.2 cm³/mol. The molecule has 0 bridgehead atoms. The van der Waals surface area contributed by atoms with Gasteiger partial charge in [-0.05, 0) is 38.4 Å². The maximum absolute atomic E-state index is 6.03. The highest BCUT2D eigenvalue weighted by Gasteiger charge is 2.23. The predicted octanol–water partition coefficient (Wildman–Crippen LogP) is 3.50. The lowest BCUT2D eigenvalue weighted by molar-refractivity contribution is 0.257. The third-order valence-electron chi connectivity index (χ3n) is 4.34. The van der Waals surface area contributed by atoms with Crippen LogP contribution in [-0.4, -0.2) is 43.1 Å². The smallest absolute Gasteiger partial charge is 0.136 e. The summed E-state index contributed by atoms with van der Waals surface area (Å²) in [6.07, 6.45) is 2.47. The molecular formula is C17H22ClN3. The van der Waals surface area contributed by atoms with Gasteiger partial charge in [-0.15, -0.1) is 11.6 Å². The van der Waals surface area contributed by atoms with Crippen LogP contribution in [0.4, 0.5) is 5.82 Å². The van der Waals surface area contributed by atoms with Gasteiger partial charge in [-0.3, -0.25) is 0 Å². The fourth-order valence-corrected chi connectivity index (χ4v) is 3.25. The van der Waals surface area contributed by atoms with Crippen LogP contribution in [0.3, 0.4) is 0 Å². The molecule has 0 aliphatic carbocycles. The molecule has 0 N–H and O–H groups in total. The second kappa shape index (κ2) is 6.20. The minimum Gasteiger partial charge on any atom is -0.355 e. The molecule has 1 saturated heterocycles. The molecule has 0 saturated carbocycles. The fraction of sp³-hybridized carbons (Fsp3) is 0.471. The summed E-state index contributed by atoms with van der Waals surface area (Å²) in [6, 6.07) is 11.2. The fourth-order valence-electron chi connectivity index (χ4n) is 3.11. The Balaban J connectivity index is 2.02. The highest BCUT2D eigenvalue weighted by molar-refractivity contribution is 6.17. The number of hydrogen-bond acceptors (Lipinski definition) is 3. The van der Waals surface area contributed by atoms with Crippen molar-refractivity contribution in [1.82, 2.24) is 9.88 Å². The van der Waals surface area contributed by atoms with Gasteiger partial charge in [0.2, 0.25) is 0 Å². The van der Waals surface area contributed by atoms with Gasteiger partial charge in [0, 0.05) is 24.5 Å². The molecule has 1 aromatic heterocycles. The van der Waals surface area contributed by atoms with Gasteiger partial charge in [0.25, 0.3) is 0 Å². The summed E-state index contributed by atoms with van der Waals surface area (Å²) < 4.78 is 0. The van der Waals surface area contributed by atoms with Crippen LogP contribution in [-0.2, 0) is 5.88 Å². The van der Waals surface area contributed by atoms with Crippen LogP contribution < -0.4 is 4.90 Å².